The zero-order valence-corrected chi connectivity index (χ0v) is 14.6. The molecule has 0 saturated carbocycles. The molecule has 1 aromatic carbocycles. The lowest BCUT2D eigenvalue weighted by Crippen LogP contribution is -2.16. The molecule has 0 saturated heterocycles. The Balaban J connectivity index is 2.05. The highest BCUT2D eigenvalue weighted by molar-refractivity contribution is 6.03. The van der Waals surface area contributed by atoms with Gasteiger partial charge in [-0.25, -0.2) is 9.97 Å². The fraction of sp³-hybridized carbons (Fsp3) is 0.333. The molecule has 1 heterocycles. The summed E-state index contributed by atoms with van der Waals surface area (Å²) in [7, 11) is 1.65. The number of hydrogen-bond acceptors (Lipinski definition) is 6. The minimum absolute atomic E-state index is 0.0199. The number of nitrogens with one attached hydrogen (secondary N) is 2. The molecule has 0 atom stereocenters. The minimum Gasteiger partial charge on any atom is -0.385 e. The highest BCUT2D eigenvalue weighted by atomic mass is 16.5. The molecule has 0 spiro atoms. The van der Waals surface area contributed by atoms with Crippen LogP contribution in [0.1, 0.15) is 40.0 Å². The first-order chi connectivity index (χ1) is 12.0. The molecule has 132 valence electrons. The molecule has 0 aliphatic heterocycles. The van der Waals surface area contributed by atoms with Crippen LogP contribution >= 0.6 is 0 Å². The van der Waals surface area contributed by atoms with Gasteiger partial charge in [-0.3, -0.25) is 9.59 Å². The molecule has 1 aromatic heterocycles. The molecule has 0 unspecified atom stereocenters. The predicted molar refractivity (Wildman–Crippen MR) is 96.2 cm³/mol. The average molecular weight is 342 g/mol. The molecule has 2 N–H and O–H groups in total. The zero-order chi connectivity index (χ0) is 18.2. The maximum absolute atomic E-state index is 12.4. The van der Waals surface area contributed by atoms with Crippen molar-refractivity contribution in [2.75, 3.05) is 30.9 Å². The Hall–Kier alpha value is -2.80. The van der Waals surface area contributed by atoms with Crippen LogP contribution in [0.2, 0.25) is 0 Å². The number of ketones is 1. The van der Waals surface area contributed by atoms with Gasteiger partial charge in [0.05, 0.1) is 0 Å². The molecule has 0 aliphatic carbocycles. The van der Waals surface area contributed by atoms with Crippen molar-refractivity contribution in [2.24, 2.45) is 0 Å². The van der Waals surface area contributed by atoms with E-state index in [9.17, 15) is 9.59 Å². The lowest BCUT2D eigenvalue weighted by molar-refractivity contribution is 0.101. The van der Waals surface area contributed by atoms with Gasteiger partial charge in [0, 0.05) is 37.6 Å². The number of ether oxygens (including phenoxy) is 1. The molecule has 7 heteroatoms. The molecule has 0 bridgehead atoms. The van der Waals surface area contributed by atoms with Crippen molar-refractivity contribution in [3.8, 4) is 0 Å². The van der Waals surface area contributed by atoms with E-state index in [1.165, 1.54) is 6.92 Å². The van der Waals surface area contributed by atoms with Crippen molar-refractivity contribution >= 4 is 23.2 Å². The van der Waals surface area contributed by atoms with Crippen LogP contribution in [0.15, 0.2) is 30.3 Å². The maximum Gasteiger partial charge on any atom is 0.274 e. The van der Waals surface area contributed by atoms with E-state index in [1.807, 2.05) is 0 Å². The second-order valence-corrected chi connectivity index (χ2v) is 5.55. The van der Waals surface area contributed by atoms with E-state index in [1.54, 1.807) is 44.4 Å². The Morgan fingerprint density at radius 1 is 1.16 bits per heavy atom. The molecular formula is C18H22N4O3. The molecule has 25 heavy (non-hydrogen) atoms. The van der Waals surface area contributed by atoms with Crippen LogP contribution < -0.4 is 10.6 Å². The summed E-state index contributed by atoms with van der Waals surface area (Å²) in [5.41, 5.74) is 1.47. The van der Waals surface area contributed by atoms with E-state index in [0.717, 1.165) is 6.42 Å². The van der Waals surface area contributed by atoms with E-state index < -0.39 is 0 Å². The van der Waals surface area contributed by atoms with Crippen LogP contribution in [0, 0.1) is 6.92 Å². The fourth-order valence-electron chi connectivity index (χ4n) is 2.19. The molecule has 2 rings (SSSR count). The van der Waals surface area contributed by atoms with Gasteiger partial charge in [0.2, 0.25) is 0 Å². The SMILES string of the molecule is COCCCNc1cc(C(=O)Nc2ccc(C(C)=O)cc2)nc(C)n1. The van der Waals surface area contributed by atoms with E-state index in [0.29, 0.717) is 36.0 Å². The van der Waals surface area contributed by atoms with Crippen molar-refractivity contribution in [1.29, 1.82) is 0 Å². The van der Waals surface area contributed by atoms with Crippen LogP contribution in [-0.4, -0.2) is 41.9 Å². The minimum atomic E-state index is -0.332. The maximum atomic E-state index is 12.4. The number of carbonyl (C=O) groups excluding carboxylic acids is 2. The molecule has 0 fully saturated rings. The van der Waals surface area contributed by atoms with Crippen LogP contribution in [0.4, 0.5) is 11.5 Å². The number of hydrogen-bond donors (Lipinski definition) is 2. The lowest BCUT2D eigenvalue weighted by Gasteiger charge is -2.09. The third kappa shape index (κ3) is 5.65. The van der Waals surface area contributed by atoms with Crippen molar-refractivity contribution in [2.45, 2.75) is 20.3 Å². The van der Waals surface area contributed by atoms with Crippen LogP contribution in [-0.2, 0) is 4.74 Å². The van der Waals surface area contributed by atoms with Gasteiger partial charge in [-0.2, -0.15) is 0 Å². The Bertz CT molecular complexity index is 744. The molecule has 0 radical (unpaired) electrons. The first-order valence-electron chi connectivity index (χ1n) is 8.00. The number of aryl methyl sites for hydroxylation is 1. The summed E-state index contributed by atoms with van der Waals surface area (Å²) in [6, 6.07) is 8.33. The Morgan fingerprint density at radius 3 is 2.52 bits per heavy atom. The smallest absolute Gasteiger partial charge is 0.274 e. The third-order valence-electron chi connectivity index (χ3n) is 3.45. The fourth-order valence-corrected chi connectivity index (χ4v) is 2.19. The summed E-state index contributed by atoms with van der Waals surface area (Å²) in [5.74, 6) is 0.754. The number of Topliss-reactive ketones (excluding diaryl/α,β-unsaturated/α-hetero) is 1. The number of rotatable bonds is 8. The third-order valence-corrected chi connectivity index (χ3v) is 3.45. The summed E-state index contributed by atoms with van der Waals surface area (Å²) in [6.07, 6.45) is 0.837. The number of benzene rings is 1. The van der Waals surface area contributed by atoms with Crippen molar-refractivity contribution in [3.63, 3.8) is 0 Å². The van der Waals surface area contributed by atoms with Crippen molar-refractivity contribution < 1.29 is 14.3 Å². The Kier molecular flexibility index (Phi) is 6.59. The number of carbonyl (C=O) groups is 2. The summed E-state index contributed by atoms with van der Waals surface area (Å²) >= 11 is 0. The lowest BCUT2D eigenvalue weighted by atomic mass is 10.1. The first-order valence-corrected chi connectivity index (χ1v) is 8.00. The zero-order valence-electron chi connectivity index (χ0n) is 14.6. The van der Waals surface area contributed by atoms with Gasteiger partial charge in [-0.1, -0.05) is 0 Å². The second-order valence-electron chi connectivity index (χ2n) is 5.55. The molecular weight excluding hydrogens is 320 g/mol. The van der Waals surface area contributed by atoms with Gasteiger partial charge < -0.3 is 15.4 Å². The highest BCUT2D eigenvalue weighted by Crippen LogP contribution is 2.13. The van der Waals surface area contributed by atoms with Crippen LogP contribution in [0.3, 0.4) is 0 Å². The first kappa shape index (κ1) is 18.5. The van der Waals surface area contributed by atoms with Gasteiger partial charge >= 0.3 is 0 Å². The van der Waals surface area contributed by atoms with Gasteiger partial charge in [-0.15, -0.1) is 0 Å². The quantitative estimate of drug-likeness (QED) is 0.566. The Morgan fingerprint density at radius 2 is 1.88 bits per heavy atom. The van der Waals surface area contributed by atoms with Gasteiger partial charge in [0.15, 0.2) is 5.78 Å². The predicted octanol–water partition coefficient (Wildman–Crippen LogP) is 2.69. The highest BCUT2D eigenvalue weighted by Gasteiger charge is 2.11. The molecule has 2 aromatic rings. The van der Waals surface area contributed by atoms with E-state index in [-0.39, 0.29) is 17.4 Å². The van der Waals surface area contributed by atoms with Crippen molar-refractivity contribution in [3.05, 3.63) is 47.4 Å². The van der Waals surface area contributed by atoms with Crippen molar-refractivity contribution in [1.82, 2.24) is 9.97 Å². The summed E-state index contributed by atoms with van der Waals surface area (Å²) < 4.78 is 5.00. The largest absolute Gasteiger partial charge is 0.385 e. The van der Waals surface area contributed by atoms with Gasteiger partial charge in [0.1, 0.15) is 17.3 Å². The van der Waals surface area contributed by atoms with Crippen LogP contribution in [0.25, 0.3) is 0 Å². The van der Waals surface area contributed by atoms with Gasteiger partial charge in [0.25, 0.3) is 5.91 Å². The number of aromatic nitrogens is 2. The normalized spacial score (nSPS) is 10.4. The van der Waals surface area contributed by atoms with Crippen LogP contribution in [0.5, 0.6) is 0 Å². The van der Waals surface area contributed by atoms with Gasteiger partial charge in [-0.05, 0) is 44.5 Å². The molecule has 7 nitrogen and oxygen atoms in total. The number of nitrogens with zero attached hydrogens (tertiary/aromatic N) is 2. The van der Waals surface area contributed by atoms with E-state index >= 15 is 0 Å². The van der Waals surface area contributed by atoms with E-state index in [4.69, 9.17) is 4.74 Å². The summed E-state index contributed by atoms with van der Waals surface area (Å²) in [6.45, 7) is 4.58. The van der Waals surface area contributed by atoms with E-state index in [2.05, 4.69) is 20.6 Å². The molecule has 1 amide bonds. The monoisotopic (exact) mass is 342 g/mol. The average Bonchev–Trinajstić information content (AvgIpc) is 2.58. The second kappa shape index (κ2) is 8.89. The molecule has 0 aliphatic rings. The number of anilines is 2. The standard InChI is InChI=1S/C18H22N4O3/c1-12(23)14-5-7-15(8-6-14)22-18(24)16-11-17(21-13(2)20-16)19-9-4-10-25-3/h5-8,11H,4,9-10H2,1-3H3,(H,22,24)(H,19,20,21). The summed E-state index contributed by atoms with van der Waals surface area (Å²) in [4.78, 5) is 32.1. The summed E-state index contributed by atoms with van der Waals surface area (Å²) in [5, 5.41) is 5.92. The number of amides is 1. The number of methoxy groups -OCH3 is 1. The topological polar surface area (TPSA) is 93.2 Å². The Labute approximate surface area is 146 Å².